The molecule has 20 heavy (non-hydrogen) atoms. The lowest BCUT2D eigenvalue weighted by Gasteiger charge is -2.23. The summed E-state index contributed by atoms with van der Waals surface area (Å²) in [4.78, 5) is 0. The monoisotopic (exact) mass is 287 g/mol. The highest BCUT2D eigenvalue weighted by Crippen LogP contribution is 2.35. The Morgan fingerprint density at radius 3 is 1.90 bits per heavy atom. The fraction of sp³-hybridized carbons (Fsp3) is 0.143. The van der Waals surface area contributed by atoms with E-state index < -0.39 is 23.9 Å². The van der Waals surface area contributed by atoms with Gasteiger partial charge in [-0.3, -0.25) is 0 Å². The predicted octanol–water partition coefficient (Wildman–Crippen LogP) is 4.68. The Hall–Kier alpha value is -2.11. The van der Waals surface area contributed by atoms with Crippen LogP contribution in [0.25, 0.3) is 0 Å². The van der Waals surface area contributed by atoms with Crippen LogP contribution in [0.4, 0.5) is 27.6 Å². The third-order valence-electron chi connectivity index (χ3n) is 2.63. The lowest BCUT2D eigenvalue weighted by molar-refractivity contribution is -0.144. The molecular formula is C14H10F5N. The molecule has 0 aromatic heterocycles. The van der Waals surface area contributed by atoms with Crippen molar-refractivity contribution >= 4 is 5.69 Å². The number of hydrogen-bond acceptors (Lipinski definition) is 1. The molecule has 2 aromatic rings. The van der Waals surface area contributed by atoms with Crippen molar-refractivity contribution in [2.75, 3.05) is 5.32 Å². The van der Waals surface area contributed by atoms with Crippen LogP contribution >= 0.6 is 0 Å². The third-order valence-corrected chi connectivity index (χ3v) is 2.63. The highest BCUT2D eigenvalue weighted by Gasteiger charge is 2.40. The van der Waals surface area contributed by atoms with E-state index in [4.69, 9.17) is 0 Å². The van der Waals surface area contributed by atoms with E-state index in [0.717, 1.165) is 12.1 Å². The Bertz CT molecular complexity index is 560. The summed E-state index contributed by atoms with van der Waals surface area (Å²) < 4.78 is 65.2. The van der Waals surface area contributed by atoms with Gasteiger partial charge in [0, 0.05) is 11.8 Å². The molecule has 106 valence electrons. The maximum atomic E-state index is 13.0. The van der Waals surface area contributed by atoms with E-state index in [2.05, 4.69) is 5.32 Å². The van der Waals surface area contributed by atoms with Gasteiger partial charge in [-0.1, -0.05) is 30.3 Å². The zero-order valence-electron chi connectivity index (χ0n) is 10.1. The van der Waals surface area contributed by atoms with E-state index in [9.17, 15) is 22.0 Å². The van der Waals surface area contributed by atoms with Crippen LogP contribution in [0.3, 0.4) is 0 Å². The van der Waals surface area contributed by atoms with Crippen LogP contribution < -0.4 is 5.32 Å². The Balaban J connectivity index is 2.34. The minimum atomic E-state index is -4.59. The van der Waals surface area contributed by atoms with Gasteiger partial charge in [0.25, 0.3) is 0 Å². The summed E-state index contributed by atoms with van der Waals surface area (Å²) in [7, 11) is 0. The van der Waals surface area contributed by atoms with Crippen molar-refractivity contribution in [3.8, 4) is 0 Å². The van der Waals surface area contributed by atoms with Crippen LogP contribution in [0.2, 0.25) is 0 Å². The largest absolute Gasteiger partial charge is 0.412 e. The average Bonchev–Trinajstić information content (AvgIpc) is 2.34. The van der Waals surface area contributed by atoms with E-state index in [-0.39, 0.29) is 11.3 Å². The Morgan fingerprint density at radius 2 is 1.40 bits per heavy atom. The van der Waals surface area contributed by atoms with Crippen molar-refractivity contribution in [3.63, 3.8) is 0 Å². The Labute approximate surface area is 112 Å². The number of halogens is 5. The van der Waals surface area contributed by atoms with Gasteiger partial charge in [0.2, 0.25) is 0 Å². The first-order chi connectivity index (χ1) is 9.36. The zero-order valence-corrected chi connectivity index (χ0v) is 10.1. The first-order valence-corrected chi connectivity index (χ1v) is 5.70. The van der Waals surface area contributed by atoms with Crippen molar-refractivity contribution in [1.29, 1.82) is 0 Å². The molecule has 2 aromatic carbocycles. The van der Waals surface area contributed by atoms with Gasteiger partial charge in [0.05, 0.1) is 0 Å². The van der Waals surface area contributed by atoms with E-state index in [1.54, 1.807) is 6.07 Å². The summed E-state index contributed by atoms with van der Waals surface area (Å²) >= 11 is 0. The van der Waals surface area contributed by atoms with E-state index in [1.807, 2.05) is 0 Å². The number of anilines is 1. The highest BCUT2D eigenvalue weighted by atomic mass is 19.4. The number of nitrogens with one attached hydrogen (secondary N) is 1. The minimum Gasteiger partial charge on any atom is -0.370 e. The predicted molar refractivity (Wildman–Crippen MR) is 65.2 cm³/mol. The molecule has 0 fully saturated rings. The van der Waals surface area contributed by atoms with E-state index in [1.165, 1.54) is 24.3 Å². The second-order valence-corrected chi connectivity index (χ2v) is 4.19. The Kier molecular flexibility index (Phi) is 3.92. The second kappa shape index (κ2) is 5.48. The molecule has 0 spiro atoms. The standard InChI is InChI=1S/C14H10F5N/c15-10-6-11(16)8-12(7-10)20-13(14(17,18)19)9-4-2-1-3-5-9/h1-8,13,20H. The molecular weight excluding hydrogens is 277 g/mol. The maximum Gasteiger partial charge on any atom is 0.412 e. The van der Waals surface area contributed by atoms with Gasteiger partial charge < -0.3 is 5.32 Å². The molecule has 1 atom stereocenters. The van der Waals surface area contributed by atoms with Gasteiger partial charge in [0.15, 0.2) is 0 Å². The summed E-state index contributed by atoms with van der Waals surface area (Å²) in [5.74, 6) is -1.89. The molecule has 0 aliphatic heterocycles. The van der Waals surface area contributed by atoms with Gasteiger partial charge in [-0.2, -0.15) is 13.2 Å². The van der Waals surface area contributed by atoms with Crippen LogP contribution in [0, 0.1) is 11.6 Å². The molecule has 0 heterocycles. The molecule has 0 saturated carbocycles. The highest BCUT2D eigenvalue weighted by molar-refractivity contribution is 5.46. The fourth-order valence-electron chi connectivity index (χ4n) is 1.80. The number of benzene rings is 2. The number of hydrogen-bond donors (Lipinski definition) is 1. The van der Waals surface area contributed by atoms with Gasteiger partial charge in [0.1, 0.15) is 17.7 Å². The molecule has 1 nitrogen and oxygen atoms in total. The van der Waals surface area contributed by atoms with Crippen LogP contribution in [0.5, 0.6) is 0 Å². The number of alkyl halides is 3. The first-order valence-electron chi connectivity index (χ1n) is 5.70. The first kappa shape index (κ1) is 14.3. The SMILES string of the molecule is Fc1cc(F)cc(NC(c2ccccc2)C(F)(F)F)c1. The molecule has 0 bridgehead atoms. The second-order valence-electron chi connectivity index (χ2n) is 4.19. The maximum absolute atomic E-state index is 13.0. The summed E-state index contributed by atoms with van der Waals surface area (Å²) in [6, 6.07) is 7.26. The summed E-state index contributed by atoms with van der Waals surface area (Å²) in [5.41, 5.74) is -0.307. The quantitative estimate of drug-likeness (QED) is 0.808. The van der Waals surface area contributed by atoms with Crippen LogP contribution in [-0.4, -0.2) is 6.18 Å². The molecule has 0 saturated heterocycles. The average molecular weight is 287 g/mol. The minimum absolute atomic E-state index is 0.0373. The van der Waals surface area contributed by atoms with Crippen molar-refractivity contribution in [3.05, 3.63) is 65.7 Å². The lowest BCUT2D eigenvalue weighted by Crippen LogP contribution is -2.27. The molecule has 0 amide bonds. The van der Waals surface area contributed by atoms with E-state index in [0.29, 0.717) is 6.07 Å². The van der Waals surface area contributed by atoms with Crippen molar-refractivity contribution < 1.29 is 22.0 Å². The van der Waals surface area contributed by atoms with Crippen LogP contribution in [0.15, 0.2) is 48.5 Å². The zero-order chi connectivity index (χ0) is 14.8. The topological polar surface area (TPSA) is 12.0 Å². The summed E-state index contributed by atoms with van der Waals surface area (Å²) in [5, 5.41) is 2.11. The number of rotatable bonds is 3. The van der Waals surface area contributed by atoms with Crippen molar-refractivity contribution in [1.82, 2.24) is 0 Å². The molecule has 6 heteroatoms. The van der Waals surface area contributed by atoms with Crippen molar-refractivity contribution in [2.24, 2.45) is 0 Å². The van der Waals surface area contributed by atoms with Gasteiger partial charge in [-0.15, -0.1) is 0 Å². The Morgan fingerprint density at radius 1 is 0.850 bits per heavy atom. The van der Waals surface area contributed by atoms with Crippen molar-refractivity contribution in [2.45, 2.75) is 12.2 Å². The summed E-state index contributed by atoms with van der Waals surface area (Å²) in [6.07, 6.45) is -4.59. The fourth-order valence-corrected chi connectivity index (χ4v) is 1.80. The molecule has 0 aliphatic carbocycles. The summed E-state index contributed by atoms with van der Waals surface area (Å²) in [6.45, 7) is 0. The van der Waals surface area contributed by atoms with Gasteiger partial charge in [-0.05, 0) is 17.7 Å². The smallest absolute Gasteiger partial charge is 0.370 e. The molecule has 2 rings (SSSR count). The molecule has 1 unspecified atom stereocenters. The van der Waals surface area contributed by atoms with Crippen LogP contribution in [-0.2, 0) is 0 Å². The van der Waals surface area contributed by atoms with Gasteiger partial charge in [-0.25, -0.2) is 8.78 Å². The van der Waals surface area contributed by atoms with E-state index >= 15 is 0 Å². The lowest BCUT2D eigenvalue weighted by atomic mass is 10.1. The molecule has 1 N–H and O–H groups in total. The normalized spacial score (nSPS) is 13.1. The van der Waals surface area contributed by atoms with Gasteiger partial charge >= 0.3 is 6.18 Å². The molecule has 0 aliphatic rings. The third kappa shape index (κ3) is 3.46. The van der Waals surface area contributed by atoms with Crippen LogP contribution in [0.1, 0.15) is 11.6 Å². The molecule has 0 radical (unpaired) electrons.